The second-order valence-electron chi connectivity index (χ2n) is 9.00. The smallest absolute Gasteiger partial charge is 0.265 e. The van der Waals surface area contributed by atoms with Crippen LogP contribution in [0.1, 0.15) is 18.8 Å². The molecule has 11 heteroatoms. The van der Waals surface area contributed by atoms with Crippen molar-refractivity contribution in [1.82, 2.24) is 19.7 Å². The van der Waals surface area contributed by atoms with Gasteiger partial charge >= 0.3 is 0 Å². The molecule has 1 atom stereocenters. The second kappa shape index (κ2) is 10.3. The Hall–Kier alpha value is -4.64. The summed E-state index contributed by atoms with van der Waals surface area (Å²) in [4.78, 5) is 31.7. The minimum atomic E-state index is -0.377. The van der Waals surface area contributed by atoms with E-state index < -0.39 is 0 Å². The third-order valence-electron chi connectivity index (χ3n) is 6.39. The van der Waals surface area contributed by atoms with Crippen molar-refractivity contribution in [3.8, 4) is 17.2 Å². The molecule has 0 radical (unpaired) electrons. The first-order valence-corrected chi connectivity index (χ1v) is 13.3. The fraction of sp³-hybridized carbons (Fsp3) is 0.179. The van der Waals surface area contributed by atoms with Crippen molar-refractivity contribution in [3.63, 3.8) is 0 Å². The predicted molar refractivity (Wildman–Crippen MR) is 148 cm³/mol. The number of oxazole rings is 1. The number of hydrogen-bond donors (Lipinski definition) is 1. The number of carbonyl (C=O) groups excluding carboxylic acids is 2. The molecule has 0 spiro atoms. The molecular formula is C28H24N6O4S. The Kier molecular flexibility index (Phi) is 6.49. The van der Waals surface area contributed by atoms with Gasteiger partial charge in [-0.05, 0) is 49.4 Å². The van der Waals surface area contributed by atoms with E-state index in [0.717, 1.165) is 11.1 Å². The van der Waals surface area contributed by atoms with Crippen molar-refractivity contribution in [2.75, 3.05) is 22.6 Å². The highest BCUT2D eigenvalue weighted by molar-refractivity contribution is 7.99. The van der Waals surface area contributed by atoms with E-state index >= 15 is 0 Å². The molecule has 1 N–H and O–H groups in total. The number of nitrogens with one attached hydrogen (secondary N) is 1. The van der Waals surface area contributed by atoms with Gasteiger partial charge < -0.3 is 19.0 Å². The normalized spacial score (nSPS) is 13.7. The molecule has 0 saturated carbocycles. The summed E-state index contributed by atoms with van der Waals surface area (Å²) >= 11 is 1.27. The summed E-state index contributed by atoms with van der Waals surface area (Å²) in [6.45, 7) is 1.86. The maximum Gasteiger partial charge on any atom is 0.265 e. The standard InChI is InChI=1S/C28H24N6O4S/c1-17(34-21-11-4-6-13-23(21)37-15-25(34)36)26-31-32-28(33(26)2)39-16-24(35)29-19-9-7-8-18(14-19)27-30-20-10-3-5-12-22(20)38-27/h3-14,17H,15-16H2,1-2H3,(H,29,35)/t17-/m0/s1. The Morgan fingerprint density at radius 1 is 1.08 bits per heavy atom. The monoisotopic (exact) mass is 540 g/mol. The SMILES string of the molecule is C[C@@H](c1nnc(SCC(=O)Nc2cccc(-c3nc4ccccc4o3)c2)n1C)N1C(=O)COc2ccccc21. The molecule has 1 aliphatic heterocycles. The molecule has 0 unspecified atom stereocenters. The second-order valence-corrected chi connectivity index (χ2v) is 9.94. The Morgan fingerprint density at radius 3 is 2.77 bits per heavy atom. The number of hydrogen-bond acceptors (Lipinski definition) is 8. The van der Waals surface area contributed by atoms with Crippen LogP contribution in [0.5, 0.6) is 5.75 Å². The number of para-hydroxylation sites is 4. The summed E-state index contributed by atoms with van der Waals surface area (Å²) in [7, 11) is 1.83. The highest BCUT2D eigenvalue weighted by Crippen LogP contribution is 2.37. The summed E-state index contributed by atoms with van der Waals surface area (Å²) < 4.78 is 13.2. The highest BCUT2D eigenvalue weighted by Gasteiger charge is 2.32. The lowest BCUT2D eigenvalue weighted by atomic mass is 10.1. The molecule has 196 valence electrons. The van der Waals surface area contributed by atoms with E-state index in [1.165, 1.54) is 11.8 Å². The summed E-state index contributed by atoms with van der Waals surface area (Å²) in [5, 5.41) is 12.1. The van der Waals surface area contributed by atoms with E-state index in [2.05, 4.69) is 20.5 Å². The Balaban J connectivity index is 1.12. The molecule has 0 aliphatic carbocycles. The fourth-order valence-corrected chi connectivity index (χ4v) is 5.25. The Labute approximate surface area is 228 Å². The molecule has 0 fully saturated rings. The molecule has 2 amide bonds. The Morgan fingerprint density at radius 2 is 1.90 bits per heavy atom. The maximum atomic E-state index is 12.8. The largest absolute Gasteiger partial charge is 0.482 e. The molecule has 3 aromatic carbocycles. The zero-order chi connectivity index (χ0) is 26.9. The van der Waals surface area contributed by atoms with Gasteiger partial charge in [-0.3, -0.25) is 14.5 Å². The number of aromatic nitrogens is 4. The number of rotatable bonds is 7. The van der Waals surface area contributed by atoms with Gasteiger partial charge in [0.2, 0.25) is 11.8 Å². The molecule has 39 heavy (non-hydrogen) atoms. The van der Waals surface area contributed by atoms with Crippen molar-refractivity contribution in [2.24, 2.45) is 7.05 Å². The summed E-state index contributed by atoms with van der Waals surface area (Å²) in [6, 6.07) is 22.0. The molecule has 5 aromatic rings. The first kappa shape index (κ1) is 24.7. The lowest BCUT2D eigenvalue weighted by Crippen LogP contribution is -2.41. The van der Waals surface area contributed by atoms with Crippen LogP contribution in [0.3, 0.4) is 0 Å². The van der Waals surface area contributed by atoms with Crippen molar-refractivity contribution >= 4 is 46.1 Å². The third-order valence-corrected chi connectivity index (χ3v) is 7.41. The van der Waals surface area contributed by atoms with Crippen molar-refractivity contribution < 1.29 is 18.7 Å². The van der Waals surface area contributed by atoms with Crippen molar-refractivity contribution in [3.05, 3.63) is 78.6 Å². The third kappa shape index (κ3) is 4.84. The van der Waals surface area contributed by atoms with Gasteiger partial charge in [-0.1, -0.05) is 42.1 Å². The van der Waals surface area contributed by atoms with Gasteiger partial charge in [-0.15, -0.1) is 10.2 Å². The van der Waals surface area contributed by atoms with E-state index in [0.29, 0.717) is 39.6 Å². The first-order chi connectivity index (χ1) is 19.0. The average Bonchev–Trinajstić information content (AvgIpc) is 3.55. The fourth-order valence-electron chi connectivity index (χ4n) is 4.53. The van der Waals surface area contributed by atoms with Gasteiger partial charge in [0.05, 0.1) is 17.5 Å². The first-order valence-electron chi connectivity index (χ1n) is 12.3. The maximum absolute atomic E-state index is 12.8. The summed E-state index contributed by atoms with van der Waals surface area (Å²) in [6.07, 6.45) is 0. The van der Waals surface area contributed by atoms with Gasteiger partial charge in [0.1, 0.15) is 11.3 Å². The zero-order valence-electron chi connectivity index (χ0n) is 21.2. The van der Waals surface area contributed by atoms with Gasteiger partial charge in [-0.2, -0.15) is 0 Å². The van der Waals surface area contributed by atoms with Crippen molar-refractivity contribution in [2.45, 2.75) is 18.1 Å². The number of fused-ring (bicyclic) bond motifs is 2. The van der Waals surface area contributed by atoms with Gasteiger partial charge in [0, 0.05) is 18.3 Å². The van der Waals surface area contributed by atoms with E-state index in [-0.39, 0.29) is 30.2 Å². The number of anilines is 2. The van der Waals surface area contributed by atoms with Crippen LogP contribution in [0.25, 0.3) is 22.6 Å². The van der Waals surface area contributed by atoms with Crippen molar-refractivity contribution in [1.29, 1.82) is 0 Å². The number of nitrogens with zero attached hydrogens (tertiary/aromatic N) is 5. The van der Waals surface area contributed by atoms with Crippen LogP contribution in [0, 0.1) is 0 Å². The molecule has 3 heterocycles. The minimum Gasteiger partial charge on any atom is -0.482 e. The summed E-state index contributed by atoms with van der Waals surface area (Å²) in [5.41, 5.74) is 3.58. The Bertz CT molecular complexity index is 1660. The predicted octanol–water partition coefficient (Wildman–Crippen LogP) is 4.84. The van der Waals surface area contributed by atoms with Crippen LogP contribution in [-0.2, 0) is 16.6 Å². The van der Waals surface area contributed by atoms with Crippen LogP contribution < -0.4 is 15.0 Å². The number of benzene rings is 3. The number of thioether (sulfide) groups is 1. The zero-order valence-corrected chi connectivity index (χ0v) is 22.0. The van der Waals surface area contributed by atoms with Crippen LogP contribution in [-0.4, -0.2) is 43.9 Å². The van der Waals surface area contributed by atoms with E-state index in [1.807, 2.05) is 91.3 Å². The molecule has 0 bridgehead atoms. The van der Waals surface area contributed by atoms with Crippen LogP contribution >= 0.6 is 11.8 Å². The lowest BCUT2D eigenvalue weighted by Gasteiger charge is -2.33. The molecule has 1 aliphatic rings. The minimum absolute atomic E-state index is 0.0331. The molecule has 0 saturated heterocycles. The van der Waals surface area contributed by atoms with E-state index in [1.54, 1.807) is 4.90 Å². The van der Waals surface area contributed by atoms with Gasteiger partial charge in [0.25, 0.3) is 5.91 Å². The molecule has 2 aromatic heterocycles. The van der Waals surface area contributed by atoms with E-state index in [4.69, 9.17) is 9.15 Å². The molecular weight excluding hydrogens is 516 g/mol. The number of amides is 2. The quantitative estimate of drug-likeness (QED) is 0.292. The lowest BCUT2D eigenvalue weighted by molar-refractivity contribution is -0.121. The molecule has 6 rings (SSSR count). The van der Waals surface area contributed by atoms with E-state index in [9.17, 15) is 9.59 Å². The average molecular weight is 541 g/mol. The van der Waals surface area contributed by atoms with Gasteiger partial charge in [-0.25, -0.2) is 4.98 Å². The van der Waals surface area contributed by atoms with Crippen LogP contribution in [0.4, 0.5) is 11.4 Å². The van der Waals surface area contributed by atoms with Crippen LogP contribution in [0.15, 0.2) is 82.4 Å². The number of ether oxygens (including phenoxy) is 1. The number of carbonyl (C=O) groups is 2. The molecule has 10 nitrogen and oxygen atoms in total. The topological polar surface area (TPSA) is 115 Å². The summed E-state index contributed by atoms with van der Waals surface area (Å²) in [5.74, 6) is 1.53. The highest BCUT2D eigenvalue weighted by atomic mass is 32.2. The van der Waals surface area contributed by atoms with Gasteiger partial charge in [0.15, 0.2) is 23.2 Å². The van der Waals surface area contributed by atoms with Crippen LogP contribution in [0.2, 0.25) is 0 Å².